The molecule has 22 heavy (non-hydrogen) atoms. The Morgan fingerprint density at radius 2 is 1.23 bits per heavy atom. The first-order valence-corrected chi connectivity index (χ1v) is 10.2. The van der Waals surface area contributed by atoms with Crippen LogP contribution in [0.15, 0.2) is 0 Å². The number of rotatable bonds is 15. The van der Waals surface area contributed by atoms with E-state index in [0.29, 0.717) is 0 Å². The van der Waals surface area contributed by atoms with Crippen LogP contribution in [0.3, 0.4) is 0 Å². The monoisotopic (exact) mass is 312 g/mol. The van der Waals surface area contributed by atoms with Gasteiger partial charge in [0.2, 0.25) is 0 Å². The van der Waals surface area contributed by atoms with Crippen LogP contribution in [0, 0.1) is 17.8 Å². The highest BCUT2D eigenvalue weighted by molar-refractivity contribution is 4.67. The molecule has 0 aliphatic heterocycles. The molecule has 0 heteroatoms. The van der Waals surface area contributed by atoms with Crippen LogP contribution in [-0.2, 0) is 0 Å². The molecule has 0 fully saturated rings. The van der Waals surface area contributed by atoms with Gasteiger partial charge in [-0.15, -0.1) is 0 Å². The second-order valence-electron chi connectivity index (χ2n) is 7.49. The SMILES string of the molecule is C.CCCCCC(CC)CCC(C)CC(CCC)CCCC. The van der Waals surface area contributed by atoms with Gasteiger partial charge in [-0.1, -0.05) is 119 Å². The van der Waals surface area contributed by atoms with Gasteiger partial charge in [0.05, 0.1) is 0 Å². The highest BCUT2D eigenvalue weighted by Crippen LogP contribution is 2.28. The van der Waals surface area contributed by atoms with Crippen LogP contribution in [0.25, 0.3) is 0 Å². The summed E-state index contributed by atoms with van der Waals surface area (Å²) in [7, 11) is 0. The quantitative estimate of drug-likeness (QED) is 0.265. The molecule has 0 aromatic carbocycles. The third kappa shape index (κ3) is 13.6. The molecule has 0 spiro atoms. The van der Waals surface area contributed by atoms with Crippen LogP contribution >= 0.6 is 0 Å². The summed E-state index contributed by atoms with van der Waals surface area (Å²) in [6, 6.07) is 0. The van der Waals surface area contributed by atoms with E-state index in [0.717, 1.165) is 17.8 Å². The van der Waals surface area contributed by atoms with E-state index in [9.17, 15) is 0 Å². The third-order valence-electron chi connectivity index (χ3n) is 5.26. The van der Waals surface area contributed by atoms with Gasteiger partial charge in [0.25, 0.3) is 0 Å². The van der Waals surface area contributed by atoms with Gasteiger partial charge in [0.15, 0.2) is 0 Å². The molecule has 0 aromatic heterocycles. The van der Waals surface area contributed by atoms with Crippen LogP contribution in [0.1, 0.15) is 126 Å². The summed E-state index contributed by atoms with van der Waals surface area (Å²) in [4.78, 5) is 0. The summed E-state index contributed by atoms with van der Waals surface area (Å²) in [6.07, 6.45) is 18.7. The van der Waals surface area contributed by atoms with Crippen LogP contribution in [0.4, 0.5) is 0 Å². The third-order valence-corrected chi connectivity index (χ3v) is 5.26. The molecule has 3 unspecified atom stereocenters. The van der Waals surface area contributed by atoms with Crippen molar-refractivity contribution in [2.45, 2.75) is 126 Å². The van der Waals surface area contributed by atoms with Crippen molar-refractivity contribution < 1.29 is 0 Å². The van der Waals surface area contributed by atoms with Gasteiger partial charge in [0.1, 0.15) is 0 Å². The summed E-state index contributed by atoms with van der Waals surface area (Å²) in [5, 5.41) is 0. The predicted octanol–water partition coefficient (Wildman–Crippen LogP) is 8.64. The highest BCUT2D eigenvalue weighted by Gasteiger charge is 2.14. The standard InChI is InChI=1S/C21H44.CH4/c1-6-10-12-15-20(9-4)17-16-19(5)18-21(13-8-3)14-11-7-2;/h19-21H,6-18H2,1-5H3;1H4. The largest absolute Gasteiger partial charge is 0.0776 e. The molecule has 0 aliphatic carbocycles. The second kappa shape index (κ2) is 17.4. The Hall–Kier alpha value is 0. The van der Waals surface area contributed by atoms with E-state index in [1.807, 2.05) is 0 Å². The van der Waals surface area contributed by atoms with E-state index in [4.69, 9.17) is 0 Å². The number of hydrogen-bond donors (Lipinski definition) is 0. The predicted molar refractivity (Wildman–Crippen MR) is 106 cm³/mol. The van der Waals surface area contributed by atoms with Crippen LogP contribution < -0.4 is 0 Å². The smallest absolute Gasteiger partial charge is 0.0412 e. The Bertz CT molecular complexity index is 196. The fraction of sp³-hybridized carbons (Fsp3) is 1.00. The van der Waals surface area contributed by atoms with E-state index < -0.39 is 0 Å². The lowest BCUT2D eigenvalue weighted by molar-refractivity contribution is 0.300. The van der Waals surface area contributed by atoms with E-state index in [2.05, 4.69) is 34.6 Å². The minimum absolute atomic E-state index is 0. The Balaban J connectivity index is 0. The van der Waals surface area contributed by atoms with E-state index in [1.54, 1.807) is 0 Å². The van der Waals surface area contributed by atoms with Crippen molar-refractivity contribution in [3.63, 3.8) is 0 Å². The maximum atomic E-state index is 2.51. The molecule has 136 valence electrons. The molecule has 0 radical (unpaired) electrons. The topological polar surface area (TPSA) is 0 Å². The zero-order valence-electron chi connectivity index (χ0n) is 15.9. The molecule has 0 saturated heterocycles. The lowest BCUT2D eigenvalue weighted by Crippen LogP contribution is -2.09. The summed E-state index contributed by atoms with van der Waals surface area (Å²) in [6.45, 7) is 11.9. The van der Waals surface area contributed by atoms with Crippen LogP contribution in [-0.4, -0.2) is 0 Å². The average Bonchev–Trinajstić information content (AvgIpc) is 2.48. The molecule has 0 heterocycles. The Labute approximate surface area is 143 Å². The van der Waals surface area contributed by atoms with Gasteiger partial charge in [-0.25, -0.2) is 0 Å². The van der Waals surface area contributed by atoms with Crippen LogP contribution in [0.5, 0.6) is 0 Å². The van der Waals surface area contributed by atoms with Crippen molar-refractivity contribution in [3.8, 4) is 0 Å². The normalized spacial score (nSPS) is 15.1. The molecule has 0 bridgehead atoms. The van der Waals surface area contributed by atoms with Gasteiger partial charge in [-0.2, -0.15) is 0 Å². The molecule has 0 aliphatic rings. The lowest BCUT2D eigenvalue weighted by atomic mass is 9.84. The molecule has 0 rings (SSSR count). The van der Waals surface area contributed by atoms with Crippen molar-refractivity contribution >= 4 is 0 Å². The lowest BCUT2D eigenvalue weighted by Gasteiger charge is -2.22. The van der Waals surface area contributed by atoms with Crippen molar-refractivity contribution in [3.05, 3.63) is 0 Å². The highest BCUT2D eigenvalue weighted by atomic mass is 14.2. The first-order valence-electron chi connectivity index (χ1n) is 10.2. The average molecular weight is 313 g/mol. The van der Waals surface area contributed by atoms with E-state index in [-0.39, 0.29) is 7.43 Å². The summed E-state index contributed by atoms with van der Waals surface area (Å²) in [5.41, 5.74) is 0. The zero-order valence-corrected chi connectivity index (χ0v) is 15.9. The maximum absolute atomic E-state index is 2.51. The summed E-state index contributed by atoms with van der Waals surface area (Å²) < 4.78 is 0. The summed E-state index contributed by atoms with van der Waals surface area (Å²) in [5.74, 6) is 2.95. The Morgan fingerprint density at radius 1 is 0.591 bits per heavy atom. The molecule has 0 N–H and O–H groups in total. The molecular formula is C22H48. The maximum Gasteiger partial charge on any atom is -0.0412 e. The molecule has 0 amide bonds. The van der Waals surface area contributed by atoms with Crippen molar-refractivity contribution in [2.24, 2.45) is 17.8 Å². The molecule has 3 atom stereocenters. The Morgan fingerprint density at radius 3 is 1.77 bits per heavy atom. The van der Waals surface area contributed by atoms with E-state index in [1.165, 1.54) is 83.5 Å². The molecule has 0 nitrogen and oxygen atoms in total. The van der Waals surface area contributed by atoms with Crippen molar-refractivity contribution in [1.82, 2.24) is 0 Å². The van der Waals surface area contributed by atoms with Gasteiger partial charge in [-0.3, -0.25) is 0 Å². The fourth-order valence-electron chi connectivity index (χ4n) is 3.72. The van der Waals surface area contributed by atoms with Crippen molar-refractivity contribution in [1.29, 1.82) is 0 Å². The van der Waals surface area contributed by atoms with E-state index >= 15 is 0 Å². The zero-order chi connectivity index (χ0) is 15.9. The van der Waals surface area contributed by atoms with Gasteiger partial charge in [-0.05, 0) is 24.2 Å². The Kier molecular flexibility index (Phi) is 19.1. The number of unbranched alkanes of at least 4 members (excludes halogenated alkanes) is 3. The van der Waals surface area contributed by atoms with Gasteiger partial charge < -0.3 is 0 Å². The minimum Gasteiger partial charge on any atom is -0.0776 e. The molecular weight excluding hydrogens is 264 g/mol. The first-order chi connectivity index (χ1) is 10.2. The number of hydrogen-bond acceptors (Lipinski definition) is 0. The second-order valence-corrected chi connectivity index (χ2v) is 7.49. The van der Waals surface area contributed by atoms with Crippen LogP contribution in [0.2, 0.25) is 0 Å². The summed E-state index contributed by atoms with van der Waals surface area (Å²) >= 11 is 0. The minimum atomic E-state index is 0. The van der Waals surface area contributed by atoms with Gasteiger partial charge in [0, 0.05) is 0 Å². The molecule has 0 saturated carbocycles. The fourth-order valence-corrected chi connectivity index (χ4v) is 3.72. The first kappa shape index (κ1) is 24.3. The van der Waals surface area contributed by atoms with Crippen molar-refractivity contribution in [2.75, 3.05) is 0 Å². The van der Waals surface area contributed by atoms with Gasteiger partial charge >= 0.3 is 0 Å². The molecule has 0 aromatic rings.